The van der Waals surface area contributed by atoms with Crippen LogP contribution in [0.2, 0.25) is 0 Å². The smallest absolute Gasteiger partial charge is 0.238 e. The molecule has 0 atom stereocenters. The number of hydrogen-bond donors (Lipinski definition) is 1. The minimum Gasteiger partial charge on any atom is -0.492 e. The zero-order valence-electron chi connectivity index (χ0n) is 18.8. The Kier molecular flexibility index (Phi) is 7.35. The van der Waals surface area contributed by atoms with Crippen molar-refractivity contribution in [1.82, 2.24) is 14.5 Å². The SMILES string of the molecule is CCCCn1c(CN(C)CCOc2cc(C)cc(C)c2)nc2cc(S(N)(=O)=O)ccc21. The number of hydrogen-bond acceptors (Lipinski definition) is 5. The van der Waals surface area contributed by atoms with E-state index in [2.05, 4.69) is 36.3 Å². The molecule has 2 N–H and O–H groups in total. The normalized spacial score (nSPS) is 12.1. The van der Waals surface area contributed by atoms with Crippen molar-refractivity contribution < 1.29 is 13.2 Å². The molecule has 1 heterocycles. The third-order valence-electron chi connectivity index (χ3n) is 5.21. The van der Waals surface area contributed by atoms with Crippen LogP contribution in [0.1, 0.15) is 36.7 Å². The van der Waals surface area contributed by atoms with Crippen molar-refractivity contribution in [3.8, 4) is 5.75 Å². The third-order valence-corrected chi connectivity index (χ3v) is 6.12. The van der Waals surface area contributed by atoms with Gasteiger partial charge in [0, 0.05) is 13.1 Å². The molecule has 0 saturated heterocycles. The van der Waals surface area contributed by atoms with E-state index in [1.165, 1.54) is 11.1 Å². The van der Waals surface area contributed by atoms with Gasteiger partial charge in [-0.3, -0.25) is 4.90 Å². The maximum absolute atomic E-state index is 11.7. The van der Waals surface area contributed by atoms with Crippen molar-refractivity contribution in [2.75, 3.05) is 20.2 Å². The van der Waals surface area contributed by atoms with Gasteiger partial charge >= 0.3 is 0 Å². The number of likely N-dealkylation sites (N-methyl/N-ethyl adjacent to an activating group) is 1. The number of ether oxygens (including phenoxy) is 1. The molecule has 0 unspecified atom stereocenters. The molecule has 0 aliphatic heterocycles. The fourth-order valence-electron chi connectivity index (χ4n) is 3.68. The van der Waals surface area contributed by atoms with Crippen LogP contribution in [0, 0.1) is 13.8 Å². The fourth-order valence-corrected chi connectivity index (χ4v) is 4.21. The molecular weight excluding hydrogens is 412 g/mol. The lowest BCUT2D eigenvalue weighted by Crippen LogP contribution is -2.25. The molecule has 0 amide bonds. The molecule has 168 valence electrons. The highest BCUT2D eigenvalue weighted by molar-refractivity contribution is 7.89. The average molecular weight is 445 g/mol. The van der Waals surface area contributed by atoms with Crippen LogP contribution in [0.5, 0.6) is 5.75 Å². The number of sulfonamides is 1. The van der Waals surface area contributed by atoms with Crippen molar-refractivity contribution in [3.05, 3.63) is 53.3 Å². The molecule has 8 heteroatoms. The van der Waals surface area contributed by atoms with E-state index in [0.717, 1.165) is 43.0 Å². The number of nitrogens with zero attached hydrogens (tertiary/aromatic N) is 3. The van der Waals surface area contributed by atoms with E-state index in [1.807, 2.05) is 19.2 Å². The van der Waals surface area contributed by atoms with Gasteiger partial charge in [-0.15, -0.1) is 0 Å². The number of fused-ring (bicyclic) bond motifs is 1. The molecule has 1 aromatic heterocycles. The molecule has 3 rings (SSSR count). The summed E-state index contributed by atoms with van der Waals surface area (Å²) in [6.45, 7) is 9.07. The van der Waals surface area contributed by atoms with Gasteiger partial charge in [0.25, 0.3) is 0 Å². The predicted molar refractivity (Wildman–Crippen MR) is 124 cm³/mol. The van der Waals surface area contributed by atoms with E-state index in [-0.39, 0.29) is 4.90 Å². The Balaban J connectivity index is 1.73. The second-order valence-corrected chi connectivity index (χ2v) is 9.70. The summed E-state index contributed by atoms with van der Waals surface area (Å²) in [4.78, 5) is 6.97. The summed E-state index contributed by atoms with van der Waals surface area (Å²) in [6, 6.07) is 11.1. The zero-order chi connectivity index (χ0) is 22.6. The molecule has 0 saturated carbocycles. The second kappa shape index (κ2) is 9.80. The summed E-state index contributed by atoms with van der Waals surface area (Å²) in [6.07, 6.45) is 2.09. The summed E-state index contributed by atoms with van der Waals surface area (Å²) in [5, 5.41) is 5.29. The van der Waals surface area contributed by atoms with E-state index >= 15 is 0 Å². The third kappa shape index (κ3) is 6.06. The Morgan fingerprint density at radius 2 is 1.84 bits per heavy atom. The predicted octanol–water partition coefficient (Wildman–Crippen LogP) is 3.61. The number of aryl methyl sites for hydroxylation is 3. The van der Waals surface area contributed by atoms with Crippen LogP contribution in [0.4, 0.5) is 0 Å². The number of unbranched alkanes of at least 4 members (excludes halogenated alkanes) is 1. The van der Waals surface area contributed by atoms with Crippen molar-refractivity contribution >= 4 is 21.1 Å². The summed E-state index contributed by atoms with van der Waals surface area (Å²) in [5.41, 5.74) is 3.95. The number of benzene rings is 2. The fraction of sp³-hybridized carbons (Fsp3) is 0.435. The maximum Gasteiger partial charge on any atom is 0.238 e. The molecule has 7 nitrogen and oxygen atoms in total. The molecule has 0 aliphatic rings. The lowest BCUT2D eigenvalue weighted by Gasteiger charge is -2.18. The standard InChI is InChI=1S/C23H32N4O3S/c1-5-6-9-27-22-8-7-20(31(24,28)29)15-21(22)25-23(27)16-26(4)10-11-30-19-13-17(2)12-18(3)14-19/h7-8,12-15H,5-6,9-11,16H2,1-4H3,(H2,24,28,29). The van der Waals surface area contributed by atoms with Crippen molar-refractivity contribution in [1.29, 1.82) is 0 Å². The monoisotopic (exact) mass is 444 g/mol. The first-order valence-corrected chi connectivity index (χ1v) is 12.1. The van der Waals surface area contributed by atoms with E-state index < -0.39 is 10.0 Å². The topological polar surface area (TPSA) is 90.4 Å². The maximum atomic E-state index is 11.7. The quantitative estimate of drug-likeness (QED) is 0.516. The van der Waals surface area contributed by atoms with Gasteiger partial charge in [0.05, 0.1) is 22.5 Å². The van der Waals surface area contributed by atoms with Gasteiger partial charge in [-0.05, 0) is 68.8 Å². The lowest BCUT2D eigenvalue weighted by molar-refractivity contribution is 0.228. The Morgan fingerprint density at radius 1 is 1.13 bits per heavy atom. The number of imidazole rings is 1. The molecule has 0 spiro atoms. The van der Waals surface area contributed by atoms with Gasteiger partial charge in [-0.25, -0.2) is 18.5 Å². The molecule has 0 radical (unpaired) electrons. The van der Waals surface area contributed by atoms with Crippen LogP contribution in [0.15, 0.2) is 41.3 Å². The Morgan fingerprint density at radius 3 is 2.48 bits per heavy atom. The van der Waals surface area contributed by atoms with Gasteiger partial charge in [0.1, 0.15) is 18.2 Å². The van der Waals surface area contributed by atoms with E-state index in [0.29, 0.717) is 18.7 Å². The van der Waals surface area contributed by atoms with Crippen molar-refractivity contribution in [2.45, 2.75) is 51.6 Å². The largest absolute Gasteiger partial charge is 0.492 e. The van der Waals surface area contributed by atoms with Crippen LogP contribution in [0.3, 0.4) is 0 Å². The first-order chi connectivity index (χ1) is 14.7. The molecule has 31 heavy (non-hydrogen) atoms. The number of rotatable bonds is 10. The Hall–Kier alpha value is -2.42. The Labute approximate surface area is 184 Å². The van der Waals surface area contributed by atoms with Gasteiger partial charge in [-0.2, -0.15) is 0 Å². The molecule has 0 bridgehead atoms. The minimum absolute atomic E-state index is 0.0851. The van der Waals surface area contributed by atoms with Gasteiger partial charge in [0.2, 0.25) is 10.0 Å². The minimum atomic E-state index is -3.76. The molecule has 2 aromatic carbocycles. The molecule has 3 aromatic rings. The first kappa shape index (κ1) is 23.2. The lowest BCUT2D eigenvalue weighted by atomic mass is 10.1. The average Bonchev–Trinajstić information content (AvgIpc) is 3.01. The highest BCUT2D eigenvalue weighted by Crippen LogP contribution is 2.22. The number of nitrogens with two attached hydrogens (primary N) is 1. The van der Waals surface area contributed by atoms with Crippen LogP contribution in [0.25, 0.3) is 11.0 Å². The van der Waals surface area contributed by atoms with Gasteiger partial charge < -0.3 is 9.30 Å². The van der Waals surface area contributed by atoms with Crippen molar-refractivity contribution in [2.24, 2.45) is 5.14 Å². The molecular formula is C23H32N4O3S. The van der Waals surface area contributed by atoms with Crippen LogP contribution < -0.4 is 9.88 Å². The van der Waals surface area contributed by atoms with Gasteiger partial charge in [0.15, 0.2) is 0 Å². The Bertz CT molecular complexity index is 1130. The van der Waals surface area contributed by atoms with Crippen LogP contribution in [-0.4, -0.2) is 43.1 Å². The highest BCUT2D eigenvalue weighted by Gasteiger charge is 2.16. The van der Waals surface area contributed by atoms with Crippen molar-refractivity contribution in [3.63, 3.8) is 0 Å². The number of aromatic nitrogens is 2. The zero-order valence-corrected chi connectivity index (χ0v) is 19.6. The van der Waals surface area contributed by atoms with Gasteiger partial charge in [-0.1, -0.05) is 19.4 Å². The van der Waals surface area contributed by atoms with Crippen LogP contribution >= 0.6 is 0 Å². The van der Waals surface area contributed by atoms with E-state index in [9.17, 15) is 8.42 Å². The summed E-state index contributed by atoms with van der Waals surface area (Å²) in [7, 11) is -1.73. The van der Waals surface area contributed by atoms with E-state index in [4.69, 9.17) is 14.9 Å². The first-order valence-electron chi connectivity index (χ1n) is 10.6. The summed E-state index contributed by atoms with van der Waals surface area (Å²) < 4.78 is 31.5. The summed E-state index contributed by atoms with van der Waals surface area (Å²) >= 11 is 0. The molecule has 0 aliphatic carbocycles. The van der Waals surface area contributed by atoms with E-state index in [1.54, 1.807) is 18.2 Å². The molecule has 0 fully saturated rings. The van der Waals surface area contributed by atoms with Crippen LogP contribution in [-0.2, 0) is 23.1 Å². The summed E-state index contributed by atoms with van der Waals surface area (Å²) in [5.74, 6) is 1.79. The number of primary sulfonamides is 1. The second-order valence-electron chi connectivity index (χ2n) is 8.14. The highest BCUT2D eigenvalue weighted by atomic mass is 32.2.